The third kappa shape index (κ3) is 5.08. The first-order valence-corrected chi connectivity index (χ1v) is 12.1. The Labute approximate surface area is 200 Å². The summed E-state index contributed by atoms with van der Waals surface area (Å²) in [4.78, 5) is 38.4. The van der Waals surface area contributed by atoms with Crippen molar-refractivity contribution < 1.29 is 24.2 Å². The molecule has 0 spiro atoms. The van der Waals surface area contributed by atoms with E-state index in [2.05, 4.69) is 29.6 Å². The van der Waals surface area contributed by atoms with Crippen molar-refractivity contribution in [1.29, 1.82) is 0 Å². The van der Waals surface area contributed by atoms with Crippen molar-refractivity contribution in [2.24, 2.45) is 5.92 Å². The average molecular weight is 465 g/mol. The Balaban J connectivity index is 1.27. The van der Waals surface area contributed by atoms with Crippen LogP contribution in [0.3, 0.4) is 0 Å². The number of nitrogens with one attached hydrogen (secondary N) is 1. The van der Waals surface area contributed by atoms with Gasteiger partial charge in [-0.15, -0.1) is 0 Å². The summed E-state index contributed by atoms with van der Waals surface area (Å²) < 4.78 is 5.54. The second kappa shape index (κ2) is 10.7. The number of alkyl carbamates (subject to hydrolysis) is 1. The molecule has 4 rings (SSSR count). The highest BCUT2D eigenvalue weighted by atomic mass is 16.5. The molecule has 0 saturated carbocycles. The number of likely N-dealkylation sites (tertiary alicyclic amines) is 1. The molecular formula is C27H32N2O5. The van der Waals surface area contributed by atoms with Gasteiger partial charge in [-0.3, -0.25) is 4.79 Å². The fourth-order valence-electron chi connectivity index (χ4n) is 5.08. The van der Waals surface area contributed by atoms with E-state index in [9.17, 15) is 19.5 Å². The Morgan fingerprint density at radius 1 is 1.03 bits per heavy atom. The molecule has 2 N–H and O–H groups in total. The van der Waals surface area contributed by atoms with Crippen LogP contribution < -0.4 is 5.32 Å². The van der Waals surface area contributed by atoms with E-state index in [1.54, 1.807) is 6.92 Å². The summed E-state index contributed by atoms with van der Waals surface area (Å²) in [7, 11) is 0. The number of hydrogen-bond acceptors (Lipinski definition) is 4. The summed E-state index contributed by atoms with van der Waals surface area (Å²) in [5.41, 5.74) is 4.66. The highest BCUT2D eigenvalue weighted by Gasteiger charge is 2.33. The molecule has 180 valence electrons. The number of hydrogen-bond donors (Lipinski definition) is 2. The molecule has 1 aliphatic carbocycles. The highest BCUT2D eigenvalue weighted by Crippen LogP contribution is 2.44. The third-order valence-electron chi connectivity index (χ3n) is 6.93. The van der Waals surface area contributed by atoms with E-state index in [4.69, 9.17) is 4.74 Å². The number of ether oxygens (including phenoxy) is 1. The summed E-state index contributed by atoms with van der Waals surface area (Å²) in [6, 6.07) is 15.6. The highest BCUT2D eigenvalue weighted by molar-refractivity contribution is 5.85. The molecule has 1 fully saturated rings. The summed E-state index contributed by atoms with van der Waals surface area (Å²) >= 11 is 0. The predicted molar refractivity (Wildman–Crippen MR) is 128 cm³/mol. The maximum Gasteiger partial charge on any atom is 0.407 e. The summed E-state index contributed by atoms with van der Waals surface area (Å²) in [6.07, 6.45) is 2.97. The molecule has 2 amide bonds. The maximum absolute atomic E-state index is 12.9. The SMILES string of the molecule is CC(CCNC(=O)OCC1c2ccccc2-c2ccccc21)C(=O)N1CCCCCC1C(=O)O. The van der Waals surface area contributed by atoms with E-state index < -0.39 is 18.1 Å². The molecular weight excluding hydrogens is 432 g/mol. The number of amides is 2. The van der Waals surface area contributed by atoms with Gasteiger partial charge in [-0.1, -0.05) is 68.3 Å². The Morgan fingerprint density at radius 2 is 1.68 bits per heavy atom. The Morgan fingerprint density at radius 3 is 2.32 bits per heavy atom. The number of carboxylic acids is 1. The molecule has 2 unspecified atom stereocenters. The van der Waals surface area contributed by atoms with Crippen molar-refractivity contribution >= 4 is 18.0 Å². The summed E-state index contributed by atoms with van der Waals surface area (Å²) in [5.74, 6) is -1.49. The van der Waals surface area contributed by atoms with Crippen LogP contribution >= 0.6 is 0 Å². The number of carbonyl (C=O) groups excluding carboxylic acids is 2. The van der Waals surface area contributed by atoms with Crippen molar-refractivity contribution in [3.63, 3.8) is 0 Å². The van der Waals surface area contributed by atoms with Gasteiger partial charge in [0, 0.05) is 24.9 Å². The number of carbonyl (C=O) groups is 3. The lowest BCUT2D eigenvalue weighted by atomic mass is 9.98. The van der Waals surface area contributed by atoms with Crippen LogP contribution in [0.4, 0.5) is 4.79 Å². The molecule has 2 atom stereocenters. The molecule has 2 aliphatic rings. The van der Waals surface area contributed by atoms with Crippen LogP contribution in [0.15, 0.2) is 48.5 Å². The van der Waals surface area contributed by atoms with Crippen LogP contribution in [0.1, 0.15) is 56.1 Å². The minimum Gasteiger partial charge on any atom is -0.480 e. The van der Waals surface area contributed by atoms with Crippen LogP contribution in [-0.4, -0.2) is 53.7 Å². The van der Waals surface area contributed by atoms with Crippen molar-refractivity contribution in [3.05, 3.63) is 59.7 Å². The first-order valence-electron chi connectivity index (χ1n) is 12.1. The van der Waals surface area contributed by atoms with Crippen molar-refractivity contribution in [1.82, 2.24) is 10.2 Å². The molecule has 1 saturated heterocycles. The van der Waals surface area contributed by atoms with Crippen molar-refractivity contribution in [3.8, 4) is 11.1 Å². The molecule has 0 radical (unpaired) electrons. The molecule has 0 bridgehead atoms. The number of nitrogens with zero attached hydrogens (tertiary/aromatic N) is 1. The van der Waals surface area contributed by atoms with E-state index in [1.165, 1.54) is 16.0 Å². The summed E-state index contributed by atoms with van der Waals surface area (Å²) in [5, 5.41) is 12.3. The Kier molecular flexibility index (Phi) is 7.50. The van der Waals surface area contributed by atoms with E-state index in [-0.39, 0.29) is 30.9 Å². The molecule has 0 aromatic heterocycles. The van der Waals surface area contributed by atoms with Gasteiger partial charge in [-0.2, -0.15) is 0 Å². The van der Waals surface area contributed by atoms with Gasteiger partial charge in [0.2, 0.25) is 5.91 Å². The lowest BCUT2D eigenvalue weighted by Crippen LogP contribution is -2.47. The molecule has 1 heterocycles. The fraction of sp³-hybridized carbons (Fsp3) is 0.444. The number of benzene rings is 2. The number of fused-ring (bicyclic) bond motifs is 3. The maximum atomic E-state index is 12.9. The van der Waals surface area contributed by atoms with Gasteiger partial charge in [-0.25, -0.2) is 9.59 Å². The fourth-order valence-corrected chi connectivity index (χ4v) is 5.08. The minimum atomic E-state index is -0.945. The van der Waals surface area contributed by atoms with Crippen LogP contribution in [-0.2, 0) is 14.3 Å². The van der Waals surface area contributed by atoms with Crippen LogP contribution in [0.25, 0.3) is 11.1 Å². The molecule has 34 heavy (non-hydrogen) atoms. The standard InChI is InChI=1S/C27H32N2O5/c1-18(25(30)29-16-8-2-3-13-24(29)26(31)32)14-15-28-27(33)34-17-23-21-11-6-4-9-19(21)20-10-5-7-12-22(20)23/h4-7,9-12,18,23-24H,2-3,8,13-17H2,1H3,(H,28,33)(H,31,32). The molecule has 2 aromatic carbocycles. The van der Waals surface area contributed by atoms with Gasteiger partial charge in [0.15, 0.2) is 0 Å². The quantitative estimate of drug-likeness (QED) is 0.633. The van der Waals surface area contributed by atoms with E-state index in [0.29, 0.717) is 19.4 Å². The number of rotatable bonds is 7. The van der Waals surface area contributed by atoms with Gasteiger partial charge in [0.25, 0.3) is 0 Å². The van der Waals surface area contributed by atoms with Gasteiger partial charge in [0.05, 0.1) is 0 Å². The molecule has 7 nitrogen and oxygen atoms in total. The smallest absolute Gasteiger partial charge is 0.407 e. The Hall–Kier alpha value is -3.35. The first kappa shape index (κ1) is 23.8. The van der Waals surface area contributed by atoms with E-state index >= 15 is 0 Å². The van der Waals surface area contributed by atoms with Crippen LogP contribution in [0, 0.1) is 5.92 Å². The lowest BCUT2D eigenvalue weighted by Gasteiger charge is -2.29. The van der Waals surface area contributed by atoms with Crippen molar-refractivity contribution in [2.45, 2.75) is 51.0 Å². The molecule has 2 aromatic rings. The predicted octanol–water partition coefficient (Wildman–Crippen LogP) is 4.41. The normalized spacial score (nSPS) is 18.4. The van der Waals surface area contributed by atoms with Gasteiger partial charge < -0.3 is 20.1 Å². The Bertz CT molecular complexity index is 1010. The second-order valence-corrected chi connectivity index (χ2v) is 9.18. The zero-order valence-corrected chi connectivity index (χ0v) is 19.5. The largest absolute Gasteiger partial charge is 0.480 e. The zero-order valence-electron chi connectivity index (χ0n) is 19.5. The third-order valence-corrected chi connectivity index (χ3v) is 6.93. The number of carboxylic acid groups (broad SMARTS) is 1. The first-order chi connectivity index (χ1) is 16.5. The monoisotopic (exact) mass is 464 g/mol. The van der Waals surface area contributed by atoms with Gasteiger partial charge >= 0.3 is 12.1 Å². The van der Waals surface area contributed by atoms with Gasteiger partial charge in [0.1, 0.15) is 12.6 Å². The van der Waals surface area contributed by atoms with Gasteiger partial charge in [-0.05, 0) is 41.5 Å². The summed E-state index contributed by atoms with van der Waals surface area (Å²) in [6.45, 7) is 2.78. The van der Waals surface area contributed by atoms with Crippen molar-refractivity contribution in [2.75, 3.05) is 19.7 Å². The lowest BCUT2D eigenvalue weighted by molar-refractivity contribution is -0.151. The van der Waals surface area contributed by atoms with Crippen LogP contribution in [0.2, 0.25) is 0 Å². The number of aliphatic carboxylic acids is 1. The van der Waals surface area contributed by atoms with Crippen LogP contribution in [0.5, 0.6) is 0 Å². The molecule has 7 heteroatoms. The minimum absolute atomic E-state index is 0.00496. The topological polar surface area (TPSA) is 95.9 Å². The zero-order chi connectivity index (χ0) is 24.1. The average Bonchev–Trinajstić information content (AvgIpc) is 2.97. The van der Waals surface area contributed by atoms with E-state index in [0.717, 1.165) is 30.4 Å². The van der Waals surface area contributed by atoms with E-state index in [1.807, 2.05) is 24.3 Å². The molecule has 1 aliphatic heterocycles. The second-order valence-electron chi connectivity index (χ2n) is 9.18.